The van der Waals surface area contributed by atoms with Crippen molar-refractivity contribution < 1.29 is 23.8 Å². The van der Waals surface area contributed by atoms with Gasteiger partial charge in [0.25, 0.3) is 0 Å². The van der Waals surface area contributed by atoms with E-state index in [1.165, 1.54) is 14.2 Å². The van der Waals surface area contributed by atoms with Crippen LogP contribution in [0.15, 0.2) is 35.4 Å². The fraction of sp³-hybridized carbons (Fsp3) is 0.444. The summed E-state index contributed by atoms with van der Waals surface area (Å²) in [5, 5.41) is 0. The lowest BCUT2D eigenvalue weighted by atomic mass is 9.55. The number of esters is 2. The SMILES string of the molecule is COC(=O)C1=C(C(=O)OC)[C@H]2c3ccccc3[C@@H]1[C@@]1(C)O[C@@]21C. The summed E-state index contributed by atoms with van der Waals surface area (Å²) < 4.78 is 16.0. The first-order chi connectivity index (χ1) is 10.9. The van der Waals surface area contributed by atoms with Gasteiger partial charge in [0.1, 0.15) is 11.2 Å². The lowest BCUT2D eigenvalue weighted by Crippen LogP contribution is -2.47. The van der Waals surface area contributed by atoms with Gasteiger partial charge in [-0.05, 0) is 25.0 Å². The van der Waals surface area contributed by atoms with Crippen molar-refractivity contribution in [3.05, 3.63) is 46.5 Å². The van der Waals surface area contributed by atoms with E-state index in [-0.39, 0.29) is 11.8 Å². The zero-order chi connectivity index (χ0) is 16.6. The van der Waals surface area contributed by atoms with Gasteiger partial charge in [0.15, 0.2) is 0 Å². The Balaban J connectivity index is 2.05. The number of epoxide rings is 1. The predicted molar refractivity (Wildman–Crippen MR) is 80.9 cm³/mol. The molecule has 0 saturated carbocycles. The molecule has 1 aromatic carbocycles. The number of carbonyl (C=O) groups is 2. The Morgan fingerprint density at radius 3 is 1.65 bits per heavy atom. The van der Waals surface area contributed by atoms with E-state index in [1.54, 1.807) is 0 Å². The maximum Gasteiger partial charge on any atom is 0.335 e. The van der Waals surface area contributed by atoms with E-state index in [4.69, 9.17) is 14.2 Å². The van der Waals surface area contributed by atoms with Crippen LogP contribution in [0.3, 0.4) is 0 Å². The second kappa shape index (κ2) is 4.23. The Morgan fingerprint density at radius 2 is 1.30 bits per heavy atom. The monoisotopic (exact) mass is 314 g/mol. The molecule has 120 valence electrons. The molecule has 0 radical (unpaired) electrons. The normalized spacial score (nSPS) is 36.2. The van der Waals surface area contributed by atoms with Crippen LogP contribution in [-0.2, 0) is 23.8 Å². The summed E-state index contributed by atoms with van der Waals surface area (Å²) in [6.45, 7) is 4.00. The Bertz CT molecular complexity index is 716. The highest BCUT2D eigenvalue weighted by Crippen LogP contribution is 2.73. The topological polar surface area (TPSA) is 65.1 Å². The number of hydrogen-bond donors (Lipinski definition) is 0. The number of rotatable bonds is 2. The van der Waals surface area contributed by atoms with Gasteiger partial charge in [-0.2, -0.15) is 0 Å². The summed E-state index contributed by atoms with van der Waals surface area (Å²) in [6.07, 6.45) is 0. The molecule has 0 N–H and O–H groups in total. The first-order valence-electron chi connectivity index (χ1n) is 7.60. The molecule has 0 spiro atoms. The molecule has 0 unspecified atom stereocenters. The van der Waals surface area contributed by atoms with Gasteiger partial charge < -0.3 is 14.2 Å². The van der Waals surface area contributed by atoms with Crippen LogP contribution in [0.4, 0.5) is 0 Å². The van der Waals surface area contributed by atoms with Crippen LogP contribution < -0.4 is 0 Å². The van der Waals surface area contributed by atoms with Crippen LogP contribution in [0.1, 0.15) is 36.8 Å². The van der Waals surface area contributed by atoms with Crippen LogP contribution in [0, 0.1) is 0 Å². The minimum Gasteiger partial charge on any atom is -0.466 e. The molecule has 1 fully saturated rings. The van der Waals surface area contributed by atoms with E-state index in [1.807, 2.05) is 38.1 Å². The lowest BCUT2D eigenvalue weighted by Gasteiger charge is -2.43. The van der Waals surface area contributed by atoms with E-state index in [9.17, 15) is 9.59 Å². The Labute approximate surface area is 134 Å². The number of ether oxygens (including phenoxy) is 3. The number of carbonyl (C=O) groups excluding carboxylic acids is 2. The molecule has 5 nitrogen and oxygen atoms in total. The van der Waals surface area contributed by atoms with Gasteiger partial charge >= 0.3 is 11.9 Å². The number of hydrogen-bond acceptors (Lipinski definition) is 5. The van der Waals surface area contributed by atoms with Gasteiger partial charge in [-0.15, -0.1) is 0 Å². The van der Waals surface area contributed by atoms with Crippen molar-refractivity contribution in [1.82, 2.24) is 0 Å². The molecule has 4 aliphatic rings. The number of methoxy groups -OCH3 is 2. The third-order valence-electron chi connectivity index (χ3n) is 5.77. The van der Waals surface area contributed by atoms with Crippen molar-refractivity contribution in [1.29, 1.82) is 0 Å². The molecule has 1 heterocycles. The summed E-state index contributed by atoms with van der Waals surface area (Å²) in [5.41, 5.74) is 1.80. The molecule has 3 aliphatic carbocycles. The predicted octanol–water partition coefficient (Wildman–Crippen LogP) is 2.07. The minimum atomic E-state index is -0.507. The zero-order valence-corrected chi connectivity index (χ0v) is 13.5. The third kappa shape index (κ3) is 1.46. The maximum atomic E-state index is 12.5. The van der Waals surface area contributed by atoms with Gasteiger partial charge in [-0.25, -0.2) is 9.59 Å². The third-order valence-corrected chi connectivity index (χ3v) is 5.77. The smallest absolute Gasteiger partial charge is 0.335 e. The molecule has 0 amide bonds. The first kappa shape index (κ1) is 14.5. The van der Waals surface area contributed by atoms with Gasteiger partial charge in [0.05, 0.1) is 25.4 Å². The molecule has 5 rings (SSSR count). The van der Waals surface area contributed by atoms with Gasteiger partial charge in [0, 0.05) is 11.8 Å². The van der Waals surface area contributed by atoms with Crippen LogP contribution in [0.2, 0.25) is 0 Å². The van der Waals surface area contributed by atoms with E-state index < -0.39 is 23.1 Å². The molecular formula is C18H18O5. The van der Waals surface area contributed by atoms with Gasteiger partial charge in [-0.3, -0.25) is 0 Å². The van der Waals surface area contributed by atoms with Crippen molar-refractivity contribution in [2.45, 2.75) is 36.9 Å². The molecule has 2 bridgehead atoms. The average molecular weight is 314 g/mol. The van der Waals surface area contributed by atoms with Crippen LogP contribution in [0.5, 0.6) is 0 Å². The lowest BCUT2D eigenvalue weighted by molar-refractivity contribution is -0.140. The quantitative estimate of drug-likeness (QED) is 0.617. The second-order valence-corrected chi connectivity index (χ2v) is 6.62. The molecule has 1 aromatic rings. The first-order valence-corrected chi connectivity index (χ1v) is 7.60. The highest BCUT2D eigenvalue weighted by atomic mass is 16.6. The number of benzene rings is 1. The summed E-state index contributed by atoms with van der Waals surface area (Å²) in [5.74, 6) is -1.63. The highest BCUT2D eigenvalue weighted by Gasteiger charge is 2.79. The van der Waals surface area contributed by atoms with E-state index in [2.05, 4.69) is 0 Å². The molecule has 0 aromatic heterocycles. The van der Waals surface area contributed by atoms with Crippen molar-refractivity contribution in [3.8, 4) is 0 Å². The second-order valence-electron chi connectivity index (χ2n) is 6.62. The fourth-order valence-electron chi connectivity index (χ4n) is 4.58. The average Bonchev–Trinajstić information content (AvgIpc) is 3.17. The highest BCUT2D eigenvalue weighted by molar-refractivity contribution is 6.05. The molecule has 23 heavy (non-hydrogen) atoms. The van der Waals surface area contributed by atoms with E-state index >= 15 is 0 Å². The van der Waals surface area contributed by atoms with Crippen molar-refractivity contribution in [2.24, 2.45) is 0 Å². The van der Waals surface area contributed by atoms with Crippen molar-refractivity contribution in [3.63, 3.8) is 0 Å². The van der Waals surface area contributed by atoms with Gasteiger partial charge in [0.2, 0.25) is 0 Å². The minimum absolute atomic E-state index is 0.324. The summed E-state index contributed by atoms with van der Waals surface area (Å²) in [7, 11) is 2.65. The maximum absolute atomic E-state index is 12.5. The Hall–Kier alpha value is -2.14. The van der Waals surface area contributed by atoms with Crippen LogP contribution in [-0.4, -0.2) is 37.4 Å². The summed E-state index contributed by atoms with van der Waals surface area (Å²) in [6, 6.07) is 7.87. The van der Waals surface area contributed by atoms with Crippen molar-refractivity contribution in [2.75, 3.05) is 14.2 Å². The molecule has 1 saturated heterocycles. The fourth-order valence-corrected chi connectivity index (χ4v) is 4.58. The molecule has 4 atom stereocenters. The van der Waals surface area contributed by atoms with E-state index in [0.29, 0.717) is 11.1 Å². The standard InChI is InChI=1S/C18H18O5/c1-17-13-9-7-5-6-8-10(9)14(18(17,2)23-17)12(16(20)22-4)11(13)15(19)21-3/h5-8,13-14H,1-4H3/t13-,14+,17+,18-. The zero-order valence-electron chi connectivity index (χ0n) is 13.5. The van der Waals surface area contributed by atoms with Gasteiger partial charge in [-0.1, -0.05) is 24.3 Å². The van der Waals surface area contributed by atoms with Crippen LogP contribution in [0.25, 0.3) is 0 Å². The Morgan fingerprint density at radius 1 is 0.913 bits per heavy atom. The molecule has 1 aliphatic heterocycles. The summed E-state index contributed by atoms with van der Waals surface area (Å²) in [4.78, 5) is 24.9. The summed E-state index contributed by atoms with van der Waals surface area (Å²) >= 11 is 0. The molecule has 5 heteroatoms. The molecular weight excluding hydrogens is 296 g/mol. The van der Waals surface area contributed by atoms with Crippen LogP contribution >= 0.6 is 0 Å². The largest absolute Gasteiger partial charge is 0.466 e. The Kier molecular flexibility index (Phi) is 2.66. The van der Waals surface area contributed by atoms with Crippen molar-refractivity contribution >= 4 is 11.9 Å². The van der Waals surface area contributed by atoms with E-state index in [0.717, 1.165) is 11.1 Å².